The van der Waals surface area contributed by atoms with E-state index in [0.29, 0.717) is 4.88 Å². The molecular formula is C20H19N3O2S. The number of ether oxygens (including phenoxy) is 1. The highest BCUT2D eigenvalue weighted by Crippen LogP contribution is 2.24. The predicted molar refractivity (Wildman–Crippen MR) is 103 cm³/mol. The Morgan fingerprint density at radius 2 is 2.04 bits per heavy atom. The Morgan fingerprint density at radius 3 is 2.92 bits per heavy atom. The molecule has 0 spiro atoms. The number of benzene rings is 2. The maximum absolute atomic E-state index is 12.1. The molecule has 5 nitrogen and oxygen atoms in total. The number of hydrogen-bond acceptors (Lipinski definition) is 5. The molecule has 0 unspecified atom stereocenters. The number of fused-ring (bicyclic) bond motifs is 1. The molecule has 26 heavy (non-hydrogen) atoms. The standard InChI is InChI=1S/C20H19N3O2S/c1-2-8-17-19(26-23-22-17)20(24)21-13-5-6-14-25-18-12-7-10-15-9-3-4-11-16(15)18/h3-4,7,9-12H,2,8,13-14H2,1H3,(H,21,24). The molecule has 3 aromatic rings. The number of aryl methyl sites for hydroxylation is 1. The van der Waals surface area contributed by atoms with Gasteiger partial charge in [-0.25, -0.2) is 0 Å². The van der Waals surface area contributed by atoms with Crippen molar-refractivity contribution in [3.05, 3.63) is 53.0 Å². The zero-order valence-electron chi connectivity index (χ0n) is 14.5. The van der Waals surface area contributed by atoms with Crippen LogP contribution < -0.4 is 10.1 Å². The summed E-state index contributed by atoms with van der Waals surface area (Å²) in [4.78, 5) is 12.7. The zero-order chi connectivity index (χ0) is 18.2. The van der Waals surface area contributed by atoms with Gasteiger partial charge < -0.3 is 10.1 Å². The van der Waals surface area contributed by atoms with Gasteiger partial charge in [0.1, 0.15) is 17.2 Å². The van der Waals surface area contributed by atoms with Crippen LogP contribution in [0.5, 0.6) is 5.75 Å². The van der Waals surface area contributed by atoms with Crippen molar-refractivity contribution in [1.29, 1.82) is 0 Å². The number of nitrogens with zero attached hydrogens (tertiary/aromatic N) is 2. The molecule has 0 fully saturated rings. The van der Waals surface area contributed by atoms with Crippen LogP contribution in [0.1, 0.15) is 28.7 Å². The van der Waals surface area contributed by atoms with E-state index < -0.39 is 0 Å². The molecule has 1 heterocycles. The summed E-state index contributed by atoms with van der Waals surface area (Å²) in [7, 11) is 0. The number of rotatable bonds is 6. The van der Waals surface area contributed by atoms with E-state index in [1.54, 1.807) is 0 Å². The fraction of sp³-hybridized carbons (Fsp3) is 0.250. The van der Waals surface area contributed by atoms with Gasteiger partial charge in [-0.2, -0.15) is 0 Å². The molecule has 0 bridgehead atoms. The van der Waals surface area contributed by atoms with Crippen LogP contribution in [-0.4, -0.2) is 28.6 Å². The minimum atomic E-state index is -0.173. The van der Waals surface area contributed by atoms with Gasteiger partial charge in [0.25, 0.3) is 5.91 Å². The molecule has 0 atom stereocenters. The first-order valence-corrected chi connectivity index (χ1v) is 9.22. The zero-order valence-corrected chi connectivity index (χ0v) is 15.3. The molecule has 1 N–H and O–H groups in total. The monoisotopic (exact) mass is 365 g/mol. The molecule has 0 aliphatic carbocycles. The van der Waals surface area contributed by atoms with Crippen LogP contribution in [0.2, 0.25) is 0 Å². The molecule has 3 rings (SSSR count). The van der Waals surface area contributed by atoms with Crippen molar-refractivity contribution in [2.75, 3.05) is 13.2 Å². The van der Waals surface area contributed by atoms with Crippen LogP contribution in [0, 0.1) is 11.8 Å². The van der Waals surface area contributed by atoms with Crippen molar-refractivity contribution in [2.24, 2.45) is 0 Å². The van der Waals surface area contributed by atoms with Crippen LogP contribution in [0.3, 0.4) is 0 Å². The van der Waals surface area contributed by atoms with E-state index in [1.807, 2.05) is 49.4 Å². The topological polar surface area (TPSA) is 64.1 Å². The highest BCUT2D eigenvalue weighted by atomic mass is 32.1. The van der Waals surface area contributed by atoms with E-state index in [4.69, 9.17) is 4.74 Å². The Bertz CT molecular complexity index is 951. The number of hydrogen-bond donors (Lipinski definition) is 1. The van der Waals surface area contributed by atoms with Crippen molar-refractivity contribution in [2.45, 2.75) is 19.8 Å². The lowest BCUT2D eigenvalue weighted by Crippen LogP contribution is -2.23. The first kappa shape index (κ1) is 17.9. The van der Waals surface area contributed by atoms with Crippen molar-refractivity contribution < 1.29 is 9.53 Å². The van der Waals surface area contributed by atoms with Gasteiger partial charge in [0.2, 0.25) is 0 Å². The normalized spacial score (nSPS) is 10.2. The van der Waals surface area contributed by atoms with Crippen LogP contribution in [0.15, 0.2) is 42.5 Å². The lowest BCUT2D eigenvalue weighted by atomic mass is 10.1. The van der Waals surface area contributed by atoms with E-state index >= 15 is 0 Å². The Balaban J connectivity index is 1.50. The number of carbonyl (C=O) groups is 1. The van der Waals surface area contributed by atoms with Gasteiger partial charge in [-0.3, -0.25) is 4.79 Å². The third-order valence-electron chi connectivity index (χ3n) is 3.76. The van der Waals surface area contributed by atoms with Gasteiger partial charge in [-0.1, -0.05) is 66.1 Å². The second-order valence-corrected chi connectivity index (χ2v) is 6.36. The molecule has 1 aromatic heterocycles. The first-order valence-electron chi connectivity index (χ1n) is 8.45. The largest absolute Gasteiger partial charge is 0.480 e. The summed E-state index contributed by atoms with van der Waals surface area (Å²) in [5.41, 5.74) is 0.752. The van der Waals surface area contributed by atoms with Crippen LogP contribution in [0.4, 0.5) is 0 Å². The maximum atomic E-state index is 12.1. The van der Waals surface area contributed by atoms with E-state index in [9.17, 15) is 4.79 Å². The van der Waals surface area contributed by atoms with Crippen LogP contribution in [-0.2, 0) is 6.42 Å². The minimum Gasteiger partial charge on any atom is -0.480 e. The molecule has 0 saturated heterocycles. The van der Waals surface area contributed by atoms with Gasteiger partial charge in [-0.15, -0.1) is 5.10 Å². The minimum absolute atomic E-state index is 0.173. The Hall–Kier alpha value is -2.91. The summed E-state index contributed by atoms with van der Waals surface area (Å²) in [5.74, 6) is 6.46. The van der Waals surface area contributed by atoms with Crippen LogP contribution >= 0.6 is 11.5 Å². The molecule has 1 amide bonds. The highest BCUT2D eigenvalue weighted by molar-refractivity contribution is 7.08. The van der Waals surface area contributed by atoms with Crippen molar-refractivity contribution in [1.82, 2.24) is 14.9 Å². The maximum Gasteiger partial charge on any atom is 0.265 e. The molecule has 0 aliphatic rings. The third kappa shape index (κ3) is 4.38. The summed E-state index contributed by atoms with van der Waals surface area (Å²) in [6.45, 7) is 2.58. The summed E-state index contributed by atoms with van der Waals surface area (Å²) < 4.78 is 9.60. The molecule has 0 radical (unpaired) electrons. The SMILES string of the molecule is CCCc1nnsc1C(=O)NCC#CCOc1cccc2ccccc12. The van der Waals surface area contributed by atoms with Gasteiger partial charge in [0.15, 0.2) is 0 Å². The average Bonchev–Trinajstić information content (AvgIpc) is 3.13. The molecular weight excluding hydrogens is 346 g/mol. The molecule has 0 saturated carbocycles. The molecule has 132 valence electrons. The smallest absolute Gasteiger partial charge is 0.265 e. The van der Waals surface area contributed by atoms with Gasteiger partial charge in [0.05, 0.1) is 12.2 Å². The lowest BCUT2D eigenvalue weighted by Gasteiger charge is -2.06. The lowest BCUT2D eigenvalue weighted by molar-refractivity contribution is 0.0961. The van der Waals surface area contributed by atoms with Crippen molar-refractivity contribution >= 4 is 28.2 Å². The number of nitrogens with one attached hydrogen (secondary N) is 1. The molecule has 6 heteroatoms. The molecule has 0 aliphatic heterocycles. The van der Waals surface area contributed by atoms with E-state index in [0.717, 1.165) is 46.6 Å². The molecule has 2 aromatic carbocycles. The highest BCUT2D eigenvalue weighted by Gasteiger charge is 2.14. The van der Waals surface area contributed by atoms with E-state index in [1.165, 1.54) is 0 Å². The van der Waals surface area contributed by atoms with E-state index in [2.05, 4.69) is 26.7 Å². The summed E-state index contributed by atoms with van der Waals surface area (Å²) in [6, 6.07) is 14.0. The fourth-order valence-corrected chi connectivity index (χ4v) is 3.16. The Labute approximate surface area is 156 Å². The summed E-state index contributed by atoms with van der Waals surface area (Å²) in [5, 5.41) is 8.96. The van der Waals surface area contributed by atoms with Crippen molar-refractivity contribution in [3.8, 4) is 17.6 Å². The quantitative estimate of drug-likeness (QED) is 0.680. The first-order chi connectivity index (χ1) is 12.8. The van der Waals surface area contributed by atoms with Gasteiger partial charge in [-0.05, 0) is 29.4 Å². The second-order valence-electron chi connectivity index (χ2n) is 5.60. The van der Waals surface area contributed by atoms with Gasteiger partial charge in [0, 0.05) is 5.39 Å². The van der Waals surface area contributed by atoms with Gasteiger partial charge >= 0.3 is 0 Å². The summed E-state index contributed by atoms with van der Waals surface area (Å²) >= 11 is 1.12. The second kappa shape index (κ2) is 8.97. The fourth-order valence-electron chi connectivity index (χ4n) is 2.54. The number of carbonyl (C=O) groups excluding carboxylic acids is 1. The Kier molecular flexibility index (Phi) is 6.18. The van der Waals surface area contributed by atoms with Crippen molar-refractivity contribution in [3.63, 3.8) is 0 Å². The van der Waals surface area contributed by atoms with E-state index in [-0.39, 0.29) is 19.1 Å². The third-order valence-corrected chi connectivity index (χ3v) is 4.53. The average molecular weight is 365 g/mol. The predicted octanol–water partition coefficient (Wildman–Crippen LogP) is 3.46. The van der Waals surface area contributed by atoms with Crippen LogP contribution in [0.25, 0.3) is 10.8 Å². The summed E-state index contributed by atoms with van der Waals surface area (Å²) in [6.07, 6.45) is 1.68. The number of amides is 1. The Morgan fingerprint density at radius 1 is 1.19 bits per heavy atom. The number of aromatic nitrogens is 2.